The molecular weight excluding hydrogens is 263 g/mol. The second-order valence-electron chi connectivity index (χ2n) is 4.96. The van der Waals surface area contributed by atoms with Gasteiger partial charge in [-0.1, -0.05) is 30.7 Å². The molecule has 1 aromatic rings. The van der Waals surface area contributed by atoms with Crippen LogP contribution >= 0.6 is 0 Å². The molecule has 0 fully saturated rings. The molecule has 112 valence electrons. The van der Waals surface area contributed by atoms with Crippen molar-refractivity contribution in [2.45, 2.75) is 39.3 Å². The molecule has 1 nitrogen and oxygen atoms in total. The lowest BCUT2D eigenvalue weighted by molar-refractivity contribution is -0.137. The molecule has 0 aliphatic heterocycles. The molecule has 0 aliphatic carbocycles. The summed E-state index contributed by atoms with van der Waals surface area (Å²) in [4.78, 5) is 0. The minimum atomic E-state index is -4.26. The van der Waals surface area contributed by atoms with E-state index < -0.39 is 11.7 Å². The number of benzene rings is 1. The molecule has 0 spiro atoms. The molecule has 0 aromatic heterocycles. The predicted octanol–water partition coefficient (Wildman–Crippen LogP) is 4.58. The number of nitrogens with one attached hydrogen (secondary N) is 1. The summed E-state index contributed by atoms with van der Waals surface area (Å²) in [5.41, 5.74) is 1.50. The molecule has 1 rings (SSSR count). The van der Waals surface area contributed by atoms with Crippen LogP contribution in [0.3, 0.4) is 0 Å². The number of rotatable bonds is 7. The standard InChI is InChI=1S/C16H22F3N/c1-3-10-20-11-4-5-13(2)12-14-6-8-15(9-7-14)16(17,18)19/h5-9,20H,3-4,10-12H2,1-2H3. The van der Waals surface area contributed by atoms with Crippen molar-refractivity contribution in [2.24, 2.45) is 0 Å². The Hall–Kier alpha value is -1.29. The lowest BCUT2D eigenvalue weighted by atomic mass is 10.0. The molecule has 0 bridgehead atoms. The zero-order chi connectivity index (χ0) is 15.0. The van der Waals surface area contributed by atoms with Crippen molar-refractivity contribution >= 4 is 0 Å². The van der Waals surface area contributed by atoms with Gasteiger partial charge in [-0.3, -0.25) is 0 Å². The zero-order valence-electron chi connectivity index (χ0n) is 12.1. The first-order valence-corrected chi connectivity index (χ1v) is 6.96. The summed E-state index contributed by atoms with van der Waals surface area (Å²) >= 11 is 0. The Morgan fingerprint density at radius 3 is 2.35 bits per heavy atom. The third-order valence-electron chi connectivity index (χ3n) is 3.00. The van der Waals surface area contributed by atoms with Crippen molar-refractivity contribution < 1.29 is 13.2 Å². The minimum Gasteiger partial charge on any atom is -0.316 e. The topological polar surface area (TPSA) is 12.0 Å². The van der Waals surface area contributed by atoms with Gasteiger partial charge >= 0.3 is 6.18 Å². The first-order chi connectivity index (χ1) is 9.43. The maximum Gasteiger partial charge on any atom is 0.416 e. The fourth-order valence-corrected chi connectivity index (χ4v) is 1.93. The van der Waals surface area contributed by atoms with Crippen LogP contribution in [0.25, 0.3) is 0 Å². The van der Waals surface area contributed by atoms with Crippen LogP contribution in [0, 0.1) is 0 Å². The van der Waals surface area contributed by atoms with E-state index >= 15 is 0 Å². The van der Waals surface area contributed by atoms with Crippen molar-refractivity contribution in [1.82, 2.24) is 5.32 Å². The van der Waals surface area contributed by atoms with E-state index in [1.807, 2.05) is 6.92 Å². The quantitative estimate of drug-likeness (QED) is 0.571. The summed E-state index contributed by atoms with van der Waals surface area (Å²) in [6.07, 6.45) is 0.654. The van der Waals surface area contributed by atoms with E-state index in [2.05, 4.69) is 18.3 Å². The number of halogens is 3. The van der Waals surface area contributed by atoms with Gasteiger partial charge < -0.3 is 5.32 Å². The molecule has 0 heterocycles. The summed E-state index contributed by atoms with van der Waals surface area (Å²) in [5.74, 6) is 0. The second kappa shape index (κ2) is 8.10. The van der Waals surface area contributed by atoms with E-state index in [4.69, 9.17) is 0 Å². The fraction of sp³-hybridized carbons (Fsp3) is 0.500. The molecule has 0 saturated carbocycles. The van der Waals surface area contributed by atoms with Crippen LogP contribution in [-0.2, 0) is 12.6 Å². The van der Waals surface area contributed by atoms with Crippen molar-refractivity contribution in [1.29, 1.82) is 0 Å². The molecule has 1 N–H and O–H groups in total. The van der Waals surface area contributed by atoms with Crippen LogP contribution in [0.15, 0.2) is 35.9 Å². The summed E-state index contributed by atoms with van der Waals surface area (Å²) < 4.78 is 37.3. The summed E-state index contributed by atoms with van der Waals surface area (Å²) in [6, 6.07) is 5.39. The highest BCUT2D eigenvalue weighted by Crippen LogP contribution is 2.29. The van der Waals surface area contributed by atoms with Gasteiger partial charge in [0.15, 0.2) is 0 Å². The maximum atomic E-state index is 12.4. The Bertz CT molecular complexity index is 418. The number of allylic oxidation sites excluding steroid dienone is 1. The Morgan fingerprint density at radius 2 is 1.80 bits per heavy atom. The largest absolute Gasteiger partial charge is 0.416 e. The van der Waals surface area contributed by atoms with Crippen molar-refractivity contribution in [2.75, 3.05) is 13.1 Å². The van der Waals surface area contributed by atoms with Gasteiger partial charge in [0.1, 0.15) is 0 Å². The van der Waals surface area contributed by atoms with Crippen LogP contribution in [0.4, 0.5) is 13.2 Å². The van der Waals surface area contributed by atoms with Gasteiger partial charge in [0.25, 0.3) is 0 Å². The average molecular weight is 285 g/mol. The van der Waals surface area contributed by atoms with Crippen LogP contribution in [0.1, 0.15) is 37.8 Å². The average Bonchev–Trinajstić information content (AvgIpc) is 2.38. The van der Waals surface area contributed by atoms with Gasteiger partial charge in [0.2, 0.25) is 0 Å². The van der Waals surface area contributed by atoms with E-state index in [9.17, 15) is 13.2 Å². The van der Waals surface area contributed by atoms with Gasteiger partial charge in [-0.2, -0.15) is 13.2 Å². The Kier molecular flexibility index (Phi) is 6.79. The third kappa shape index (κ3) is 6.24. The number of alkyl halides is 3. The first-order valence-electron chi connectivity index (χ1n) is 6.96. The van der Waals surface area contributed by atoms with Crippen molar-refractivity contribution in [3.05, 3.63) is 47.0 Å². The van der Waals surface area contributed by atoms with E-state index in [0.29, 0.717) is 6.42 Å². The van der Waals surface area contributed by atoms with E-state index in [0.717, 1.165) is 43.6 Å². The summed E-state index contributed by atoms with van der Waals surface area (Å²) in [7, 11) is 0. The minimum absolute atomic E-state index is 0.591. The van der Waals surface area contributed by atoms with E-state index in [-0.39, 0.29) is 0 Å². The number of hydrogen-bond donors (Lipinski definition) is 1. The summed E-state index contributed by atoms with van der Waals surface area (Å²) in [5, 5.41) is 3.31. The SMILES string of the molecule is CCCNCCC=C(C)Cc1ccc(C(F)(F)F)cc1. The Morgan fingerprint density at radius 1 is 1.15 bits per heavy atom. The van der Waals surface area contributed by atoms with Crippen LogP contribution in [-0.4, -0.2) is 13.1 Å². The Balaban J connectivity index is 2.45. The van der Waals surface area contributed by atoms with Crippen LogP contribution in [0.2, 0.25) is 0 Å². The third-order valence-corrected chi connectivity index (χ3v) is 3.00. The molecule has 0 amide bonds. The molecule has 0 radical (unpaired) electrons. The normalized spacial score (nSPS) is 12.8. The molecule has 0 unspecified atom stereocenters. The maximum absolute atomic E-state index is 12.4. The Labute approximate surface area is 118 Å². The van der Waals surface area contributed by atoms with Crippen LogP contribution in [0.5, 0.6) is 0 Å². The van der Waals surface area contributed by atoms with Crippen molar-refractivity contribution in [3.8, 4) is 0 Å². The molecule has 20 heavy (non-hydrogen) atoms. The van der Waals surface area contributed by atoms with Crippen molar-refractivity contribution in [3.63, 3.8) is 0 Å². The first kappa shape index (κ1) is 16.8. The monoisotopic (exact) mass is 285 g/mol. The second-order valence-corrected chi connectivity index (χ2v) is 4.96. The zero-order valence-corrected chi connectivity index (χ0v) is 12.1. The highest BCUT2D eigenvalue weighted by molar-refractivity contribution is 5.27. The number of hydrogen-bond acceptors (Lipinski definition) is 1. The molecule has 0 saturated heterocycles. The van der Waals surface area contributed by atoms with Crippen LogP contribution < -0.4 is 5.32 Å². The van der Waals surface area contributed by atoms with Gasteiger partial charge in [-0.15, -0.1) is 0 Å². The molecule has 0 atom stereocenters. The van der Waals surface area contributed by atoms with Gasteiger partial charge in [-0.05, 0) is 57.0 Å². The highest BCUT2D eigenvalue weighted by Gasteiger charge is 2.29. The fourth-order valence-electron chi connectivity index (χ4n) is 1.93. The lowest BCUT2D eigenvalue weighted by Crippen LogP contribution is -2.15. The van der Waals surface area contributed by atoms with Gasteiger partial charge in [-0.25, -0.2) is 0 Å². The summed E-state index contributed by atoms with van der Waals surface area (Å²) in [6.45, 7) is 6.10. The lowest BCUT2D eigenvalue weighted by Gasteiger charge is -2.08. The van der Waals surface area contributed by atoms with Gasteiger partial charge in [0, 0.05) is 0 Å². The predicted molar refractivity (Wildman–Crippen MR) is 76.7 cm³/mol. The molecule has 0 aliphatic rings. The molecular formula is C16H22F3N. The smallest absolute Gasteiger partial charge is 0.316 e. The van der Waals surface area contributed by atoms with Gasteiger partial charge in [0.05, 0.1) is 5.56 Å². The molecule has 4 heteroatoms. The molecule has 1 aromatic carbocycles. The highest BCUT2D eigenvalue weighted by atomic mass is 19.4. The van der Waals surface area contributed by atoms with E-state index in [1.165, 1.54) is 5.57 Å². The van der Waals surface area contributed by atoms with E-state index in [1.54, 1.807) is 12.1 Å².